The van der Waals surface area contributed by atoms with E-state index in [1.807, 2.05) is 36.4 Å². The SMILES string of the molecule is O=C1C2C(C(=O)N1c1ccccc1)[C@H]1S[C@@H]2c2c1ccc1ccccc21. The Labute approximate surface area is 155 Å². The summed E-state index contributed by atoms with van der Waals surface area (Å²) in [5.41, 5.74) is 3.21. The quantitative estimate of drug-likeness (QED) is 0.602. The Balaban J connectivity index is 1.52. The maximum Gasteiger partial charge on any atom is 0.239 e. The molecule has 2 saturated heterocycles. The second kappa shape index (κ2) is 4.98. The van der Waals surface area contributed by atoms with E-state index in [1.54, 1.807) is 11.8 Å². The summed E-state index contributed by atoms with van der Waals surface area (Å²) in [6.45, 7) is 0. The fourth-order valence-electron chi connectivity index (χ4n) is 4.90. The van der Waals surface area contributed by atoms with E-state index in [1.165, 1.54) is 26.8 Å². The summed E-state index contributed by atoms with van der Waals surface area (Å²) < 4.78 is 0. The Morgan fingerprint density at radius 2 is 1.42 bits per heavy atom. The minimum absolute atomic E-state index is 0.0370. The Morgan fingerprint density at radius 1 is 0.731 bits per heavy atom. The van der Waals surface area contributed by atoms with Crippen LogP contribution in [0.2, 0.25) is 0 Å². The number of amides is 2. The Hall–Kier alpha value is -2.59. The number of nitrogens with zero attached hydrogens (tertiary/aromatic N) is 1. The van der Waals surface area contributed by atoms with Gasteiger partial charge in [-0.15, -0.1) is 11.8 Å². The summed E-state index contributed by atoms with van der Waals surface area (Å²) in [4.78, 5) is 27.8. The number of carbonyl (C=O) groups is 2. The van der Waals surface area contributed by atoms with E-state index in [9.17, 15) is 9.59 Å². The van der Waals surface area contributed by atoms with Gasteiger partial charge < -0.3 is 0 Å². The van der Waals surface area contributed by atoms with Crippen LogP contribution in [0.3, 0.4) is 0 Å². The van der Waals surface area contributed by atoms with Crippen LogP contribution in [0.4, 0.5) is 5.69 Å². The largest absolute Gasteiger partial charge is 0.274 e. The van der Waals surface area contributed by atoms with Gasteiger partial charge in [0.15, 0.2) is 0 Å². The van der Waals surface area contributed by atoms with Gasteiger partial charge in [-0.05, 0) is 34.0 Å². The van der Waals surface area contributed by atoms with Gasteiger partial charge in [-0.25, -0.2) is 4.90 Å². The Bertz CT molecular complexity index is 1090. The van der Waals surface area contributed by atoms with Crippen molar-refractivity contribution < 1.29 is 9.59 Å². The molecule has 2 amide bonds. The molecule has 2 unspecified atom stereocenters. The first-order valence-corrected chi connectivity index (χ1v) is 9.80. The van der Waals surface area contributed by atoms with Gasteiger partial charge in [-0.3, -0.25) is 9.59 Å². The van der Waals surface area contributed by atoms with Crippen molar-refractivity contribution in [3.63, 3.8) is 0 Å². The first-order valence-electron chi connectivity index (χ1n) is 8.85. The molecule has 126 valence electrons. The molecule has 3 nitrogen and oxygen atoms in total. The molecule has 0 saturated carbocycles. The van der Waals surface area contributed by atoms with E-state index in [-0.39, 0.29) is 34.2 Å². The van der Waals surface area contributed by atoms with Crippen molar-refractivity contribution in [1.29, 1.82) is 0 Å². The molecule has 0 radical (unpaired) electrons. The van der Waals surface area contributed by atoms with Gasteiger partial charge in [0.1, 0.15) is 0 Å². The van der Waals surface area contributed by atoms with Gasteiger partial charge in [0, 0.05) is 10.5 Å². The van der Waals surface area contributed by atoms with Crippen molar-refractivity contribution >= 4 is 40.0 Å². The molecule has 26 heavy (non-hydrogen) atoms. The number of benzene rings is 3. The van der Waals surface area contributed by atoms with E-state index < -0.39 is 0 Å². The highest BCUT2D eigenvalue weighted by Gasteiger charge is 2.64. The van der Waals surface area contributed by atoms with Gasteiger partial charge in [-0.2, -0.15) is 0 Å². The smallest absolute Gasteiger partial charge is 0.239 e. The van der Waals surface area contributed by atoms with Crippen molar-refractivity contribution in [2.75, 3.05) is 4.90 Å². The highest BCUT2D eigenvalue weighted by atomic mass is 32.2. The summed E-state index contributed by atoms with van der Waals surface area (Å²) in [6, 6.07) is 22.0. The standard InChI is InChI=1S/C22H15NO2S/c24-21-17-18(22(25)23(21)13-7-2-1-3-8-13)20-16-14-9-5-4-6-12(14)10-11-15(16)19(17)26-20/h1-11,17-20H/t17?,18?,19-,20+/m0/s1. The van der Waals surface area contributed by atoms with Crippen molar-refractivity contribution in [2.24, 2.45) is 11.8 Å². The van der Waals surface area contributed by atoms with Crippen LogP contribution in [-0.4, -0.2) is 11.8 Å². The lowest BCUT2D eigenvalue weighted by Gasteiger charge is -2.23. The lowest BCUT2D eigenvalue weighted by atomic mass is 9.76. The predicted molar refractivity (Wildman–Crippen MR) is 103 cm³/mol. The highest BCUT2D eigenvalue weighted by Crippen LogP contribution is 2.69. The molecule has 3 aromatic carbocycles. The molecule has 3 aliphatic heterocycles. The van der Waals surface area contributed by atoms with Gasteiger partial charge in [0.25, 0.3) is 0 Å². The topological polar surface area (TPSA) is 37.4 Å². The number of rotatable bonds is 1. The molecule has 0 N–H and O–H groups in total. The third-order valence-corrected chi connectivity index (χ3v) is 7.62. The fraction of sp³-hybridized carbons (Fsp3) is 0.182. The molecule has 3 aromatic rings. The van der Waals surface area contributed by atoms with Crippen LogP contribution in [-0.2, 0) is 9.59 Å². The maximum absolute atomic E-state index is 13.2. The van der Waals surface area contributed by atoms with Crippen LogP contribution in [0.15, 0.2) is 66.7 Å². The monoisotopic (exact) mass is 357 g/mol. The van der Waals surface area contributed by atoms with Crippen LogP contribution < -0.4 is 4.90 Å². The molecular formula is C22H15NO2S. The molecule has 0 spiro atoms. The van der Waals surface area contributed by atoms with E-state index in [0.29, 0.717) is 5.69 Å². The van der Waals surface area contributed by atoms with Gasteiger partial charge in [-0.1, -0.05) is 54.6 Å². The van der Waals surface area contributed by atoms with Crippen LogP contribution in [0, 0.1) is 11.8 Å². The molecule has 6 rings (SSSR count). The lowest BCUT2D eigenvalue weighted by Crippen LogP contribution is -2.31. The number of hydrogen-bond donors (Lipinski definition) is 0. The summed E-state index contributed by atoms with van der Waals surface area (Å²) in [6.07, 6.45) is 0. The van der Waals surface area contributed by atoms with Crippen molar-refractivity contribution in [3.05, 3.63) is 77.9 Å². The minimum Gasteiger partial charge on any atom is -0.274 e. The Morgan fingerprint density at radius 3 is 2.23 bits per heavy atom. The normalized spacial score (nSPS) is 28.7. The number of imide groups is 1. The molecule has 3 heterocycles. The fourth-order valence-corrected chi connectivity index (χ4v) is 6.88. The molecule has 0 aliphatic carbocycles. The molecule has 2 fully saturated rings. The third kappa shape index (κ3) is 1.65. The summed E-state index contributed by atoms with van der Waals surface area (Å²) >= 11 is 1.80. The van der Waals surface area contributed by atoms with E-state index in [4.69, 9.17) is 0 Å². The molecular weight excluding hydrogens is 342 g/mol. The van der Waals surface area contributed by atoms with Crippen LogP contribution in [0.1, 0.15) is 21.6 Å². The molecule has 3 aliphatic rings. The minimum atomic E-state index is -0.240. The zero-order valence-electron chi connectivity index (χ0n) is 13.8. The van der Waals surface area contributed by atoms with Crippen molar-refractivity contribution in [2.45, 2.75) is 10.5 Å². The first-order chi connectivity index (χ1) is 12.8. The van der Waals surface area contributed by atoms with Crippen molar-refractivity contribution in [1.82, 2.24) is 0 Å². The molecule has 0 aromatic heterocycles. The van der Waals surface area contributed by atoms with Gasteiger partial charge in [0.05, 0.1) is 17.5 Å². The second-order valence-electron chi connectivity index (χ2n) is 7.17. The average molecular weight is 357 g/mol. The summed E-state index contributed by atoms with van der Waals surface area (Å²) in [7, 11) is 0. The number of carbonyl (C=O) groups excluding carboxylic acids is 2. The molecule has 4 heteroatoms. The summed E-state index contributed by atoms with van der Waals surface area (Å²) in [5.74, 6) is -0.544. The van der Waals surface area contributed by atoms with Crippen LogP contribution in [0.25, 0.3) is 10.8 Å². The summed E-state index contributed by atoms with van der Waals surface area (Å²) in [5, 5.41) is 2.60. The first kappa shape index (κ1) is 14.6. The number of thioether (sulfide) groups is 1. The zero-order valence-corrected chi connectivity index (χ0v) is 14.6. The molecule has 2 bridgehead atoms. The Kier molecular flexibility index (Phi) is 2.79. The van der Waals surface area contributed by atoms with E-state index in [2.05, 4.69) is 30.3 Å². The second-order valence-corrected chi connectivity index (χ2v) is 8.45. The number of hydrogen-bond acceptors (Lipinski definition) is 3. The van der Waals surface area contributed by atoms with E-state index >= 15 is 0 Å². The highest BCUT2D eigenvalue weighted by molar-refractivity contribution is 8.00. The van der Waals surface area contributed by atoms with Gasteiger partial charge >= 0.3 is 0 Å². The lowest BCUT2D eigenvalue weighted by molar-refractivity contribution is -0.122. The maximum atomic E-state index is 13.2. The molecule has 4 atom stereocenters. The predicted octanol–water partition coefficient (Wildman–Crippen LogP) is 4.49. The number of fused-ring (bicyclic) bond motifs is 10. The third-order valence-electron chi connectivity index (χ3n) is 5.95. The number of anilines is 1. The zero-order chi connectivity index (χ0) is 17.4. The van der Waals surface area contributed by atoms with E-state index in [0.717, 1.165) is 0 Å². The number of para-hydroxylation sites is 1. The average Bonchev–Trinajstić information content (AvgIpc) is 3.32. The van der Waals surface area contributed by atoms with Gasteiger partial charge in [0.2, 0.25) is 11.8 Å². The van der Waals surface area contributed by atoms with Crippen LogP contribution in [0.5, 0.6) is 0 Å². The van der Waals surface area contributed by atoms with Crippen molar-refractivity contribution in [3.8, 4) is 0 Å². The van der Waals surface area contributed by atoms with Crippen LogP contribution >= 0.6 is 11.8 Å².